The molecule has 0 unspecified atom stereocenters. The van der Waals surface area contributed by atoms with Crippen LogP contribution in [0.3, 0.4) is 0 Å². The highest BCUT2D eigenvalue weighted by Crippen LogP contribution is 2.11. The topological polar surface area (TPSA) is 66.8 Å². The number of amides is 1. The normalized spacial score (nSPS) is 10.3. The van der Waals surface area contributed by atoms with Gasteiger partial charge in [-0.1, -0.05) is 6.07 Å². The largest absolute Gasteiger partial charge is 0.480 e. The van der Waals surface area contributed by atoms with E-state index in [1.807, 2.05) is 0 Å². The van der Waals surface area contributed by atoms with Crippen molar-refractivity contribution in [2.75, 3.05) is 20.3 Å². The highest BCUT2D eigenvalue weighted by molar-refractivity contribution is 5.77. The number of ether oxygens (including phenoxy) is 1. The van der Waals surface area contributed by atoms with E-state index in [0.29, 0.717) is 0 Å². The van der Waals surface area contributed by atoms with Crippen molar-refractivity contribution < 1.29 is 28.2 Å². The molecule has 0 aliphatic heterocycles. The third-order valence-electron chi connectivity index (χ3n) is 2.30. The molecular formula is C12H13F2NO4. The van der Waals surface area contributed by atoms with Crippen LogP contribution in [0.5, 0.6) is 0 Å². The Morgan fingerprint density at radius 2 is 2.00 bits per heavy atom. The molecule has 0 saturated heterocycles. The van der Waals surface area contributed by atoms with Crippen molar-refractivity contribution in [3.8, 4) is 0 Å². The summed E-state index contributed by atoms with van der Waals surface area (Å²) in [5.41, 5.74) is 0.162. The maximum atomic E-state index is 13.3. The minimum atomic E-state index is -1.18. The van der Waals surface area contributed by atoms with Crippen LogP contribution in [0.25, 0.3) is 0 Å². The molecule has 1 aromatic rings. The van der Waals surface area contributed by atoms with Crippen LogP contribution >= 0.6 is 0 Å². The summed E-state index contributed by atoms with van der Waals surface area (Å²) in [7, 11) is 1.41. The number of likely N-dealkylation sites (N-methyl/N-ethyl adjacent to an activating group) is 1. The first kappa shape index (κ1) is 15.0. The van der Waals surface area contributed by atoms with Gasteiger partial charge in [0.2, 0.25) is 5.91 Å². The zero-order valence-corrected chi connectivity index (χ0v) is 10.2. The molecule has 0 aliphatic rings. The van der Waals surface area contributed by atoms with Crippen molar-refractivity contribution in [2.45, 2.75) is 6.54 Å². The lowest BCUT2D eigenvalue weighted by molar-refractivity contribution is -0.145. The summed E-state index contributed by atoms with van der Waals surface area (Å²) in [6.45, 7) is -1.04. The first-order chi connectivity index (χ1) is 8.90. The molecule has 1 amide bonds. The summed E-state index contributed by atoms with van der Waals surface area (Å²) in [6.07, 6.45) is 0. The molecule has 0 aromatic heterocycles. The molecule has 0 heterocycles. The quantitative estimate of drug-likeness (QED) is 0.840. The van der Waals surface area contributed by atoms with Crippen LogP contribution in [0.1, 0.15) is 5.56 Å². The summed E-state index contributed by atoms with van der Waals surface area (Å²) in [5.74, 6) is -3.11. The molecule has 1 aromatic carbocycles. The number of rotatable bonds is 6. The van der Waals surface area contributed by atoms with Crippen LogP contribution in [0.15, 0.2) is 18.2 Å². The number of nitrogens with zero attached hydrogens (tertiary/aromatic N) is 1. The summed E-state index contributed by atoms with van der Waals surface area (Å²) in [4.78, 5) is 22.9. The fraction of sp³-hybridized carbons (Fsp3) is 0.333. The van der Waals surface area contributed by atoms with Gasteiger partial charge >= 0.3 is 5.97 Å². The van der Waals surface area contributed by atoms with Crippen LogP contribution < -0.4 is 0 Å². The second kappa shape index (κ2) is 6.79. The van der Waals surface area contributed by atoms with Gasteiger partial charge in [-0.3, -0.25) is 4.79 Å². The van der Waals surface area contributed by atoms with Crippen LogP contribution in [0.4, 0.5) is 8.78 Å². The van der Waals surface area contributed by atoms with Crippen LogP contribution in [0, 0.1) is 11.6 Å². The predicted octanol–water partition coefficient (Wildman–Crippen LogP) is 1.02. The Balaban J connectivity index is 2.51. The highest BCUT2D eigenvalue weighted by atomic mass is 19.1. The Morgan fingerprint density at radius 3 is 2.58 bits per heavy atom. The minimum Gasteiger partial charge on any atom is -0.480 e. The van der Waals surface area contributed by atoms with Gasteiger partial charge in [0.05, 0.1) is 0 Å². The maximum Gasteiger partial charge on any atom is 0.329 e. The molecule has 0 aliphatic carbocycles. The zero-order valence-electron chi connectivity index (χ0n) is 10.2. The third kappa shape index (κ3) is 5.01. The highest BCUT2D eigenvalue weighted by Gasteiger charge is 2.13. The number of benzene rings is 1. The average molecular weight is 273 g/mol. The molecule has 0 fully saturated rings. The Labute approximate surface area is 108 Å². The first-order valence-corrected chi connectivity index (χ1v) is 5.37. The summed E-state index contributed by atoms with van der Waals surface area (Å²) in [5, 5.41) is 8.33. The molecule has 1 N–H and O–H groups in total. The second-order valence-corrected chi connectivity index (χ2v) is 3.87. The molecule has 0 atom stereocenters. The summed E-state index contributed by atoms with van der Waals surface area (Å²) < 4.78 is 30.7. The van der Waals surface area contributed by atoms with E-state index in [-0.39, 0.29) is 12.1 Å². The number of halogens is 2. The Morgan fingerprint density at radius 1 is 1.32 bits per heavy atom. The van der Waals surface area contributed by atoms with Crippen LogP contribution in [-0.2, 0) is 20.9 Å². The van der Waals surface area contributed by atoms with E-state index in [4.69, 9.17) is 5.11 Å². The predicted molar refractivity (Wildman–Crippen MR) is 61.3 cm³/mol. The lowest BCUT2D eigenvalue weighted by Gasteiger charge is -2.17. The van der Waals surface area contributed by atoms with E-state index < -0.39 is 36.7 Å². The molecule has 0 saturated carbocycles. The first-order valence-electron chi connectivity index (χ1n) is 5.37. The Hall–Kier alpha value is -2.02. The number of carboxylic acid groups (broad SMARTS) is 1. The molecule has 19 heavy (non-hydrogen) atoms. The number of hydrogen-bond donors (Lipinski definition) is 1. The van der Waals surface area contributed by atoms with E-state index in [1.54, 1.807) is 0 Å². The molecule has 0 spiro atoms. The number of aliphatic carboxylic acids is 1. The SMILES string of the molecule is CN(Cc1ccc(F)cc1F)C(=O)COCC(=O)O. The molecular weight excluding hydrogens is 260 g/mol. The van der Waals surface area contributed by atoms with Crippen molar-refractivity contribution in [3.05, 3.63) is 35.4 Å². The van der Waals surface area contributed by atoms with Gasteiger partial charge < -0.3 is 14.7 Å². The van der Waals surface area contributed by atoms with Crippen molar-refractivity contribution in [2.24, 2.45) is 0 Å². The monoisotopic (exact) mass is 273 g/mol. The summed E-state index contributed by atoms with van der Waals surface area (Å²) in [6, 6.07) is 3.07. The van der Waals surface area contributed by atoms with Gasteiger partial charge in [-0.15, -0.1) is 0 Å². The van der Waals surface area contributed by atoms with E-state index in [2.05, 4.69) is 4.74 Å². The molecule has 0 radical (unpaired) electrons. The zero-order chi connectivity index (χ0) is 14.4. The Bertz CT molecular complexity index is 479. The summed E-state index contributed by atoms with van der Waals surface area (Å²) >= 11 is 0. The number of carbonyl (C=O) groups is 2. The van der Waals surface area contributed by atoms with Crippen LogP contribution in [0.2, 0.25) is 0 Å². The molecule has 0 bridgehead atoms. The lowest BCUT2D eigenvalue weighted by Crippen LogP contribution is -2.31. The van der Waals surface area contributed by atoms with Gasteiger partial charge in [0, 0.05) is 25.2 Å². The van der Waals surface area contributed by atoms with Crippen molar-refractivity contribution in [1.82, 2.24) is 4.90 Å². The third-order valence-corrected chi connectivity index (χ3v) is 2.30. The average Bonchev–Trinajstić information content (AvgIpc) is 2.32. The molecule has 7 heteroatoms. The second-order valence-electron chi connectivity index (χ2n) is 3.87. The van der Waals surface area contributed by atoms with Gasteiger partial charge in [0.15, 0.2) is 0 Å². The van der Waals surface area contributed by atoms with E-state index in [0.717, 1.165) is 17.0 Å². The molecule has 5 nitrogen and oxygen atoms in total. The van der Waals surface area contributed by atoms with Gasteiger partial charge in [0.25, 0.3) is 0 Å². The Kier molecular flexibility index (Phi) is 5.37. The van der Waals surface area contributed by atoms with Gasteiger partial charge in [-0.25, -0.2) is 13.6 Å². The fourth-order valence-corrected chi connectivity index (χ4v) is 1.33. The number of carboxylic acids is 1. The molecule has 104 valence electrons. The number of carbonyl (C=O) groups excluding carboxylic acids is 1. The van der Waals surface area contributed by atoms with E-state index in [1.165, 1.54) is 13.1 Å². The van der Waals surface area contributed by atoms with Crippen LogP contribution in [-0.4, -0.2) is 42.1 Å². The van der Waals surface area contributed by atoms with E-state index >= 15 is 0 Å². The van der Waals surface area contributed by atoms with Gasteiger partial charge in [0.1, 0.15) is 24.8 Å². The van der Waals surface area contributed by atoms with Crippen molar-refractivity contribution >= 4 is 11.9 Å². The minimum absolute atomic E-state index is 0.0542. The van der Waals surface area contributed by atoms with Crippen molar-refractivity contribution in [3.63, 3.8) is 0 Å². The fourth-order valence-electron chi connectivity index (χ4n) is 1.33. The van der Waals surface area contributed by atoms with Gasteiger partial charge in [-0.2, -0.15) is 0 Å². The standard InChI is InChI=1S/C12H13F2NO4/c1-15(11(16)6-19-7-12(17)18)5-8-2-3-9(13)4-10(8)14/h2-4H,5-7H2,1H3,(H,17,18). The number of hydrogen-bond acceptors (Lipinski definition) is 3. The maximum absolute atomic E-state index is 13.3. The van der Waals surface area contributed by atoms with Gasteiger partial charge in [-0.05, 0) is 6.07 Å². The van der Waals surface area contributed by atoms with Crippen molar-refractivity contribution in [1.29, 1.82) is 0 Å². The molecule has 1 rings (SSSR count). The smallest absolute Gasteiger partial charge is 0.329 e. The van der Waals surface area contributed by atoms with E-state index in [9.17, 15) is 18.4 Å². The lowest BCUT2D eigenvalue weighted by atomic mass is 10.2.